The zero-order valence-electron chi connectivity index (χ0n) is 23.0. The highest BCUT2D eigenvalue weighted by Gasteiger charge is 2.16. The van der Waals surface area contributed by atoms with E-state index in [1.54, 1.807) is 0 Å². The van der Waals surface area contributed by atoms with E-state index in [4.69, 9.17) is 19.9 Å². The number of hydrogen-bond acceptors (Lipinski definition) is 4. The third-order valence-electron chi connectivity index (χ3n) is 7.45. The molecule has 0 atom stereocenters. The van der Waals surface area contributed by atoms with Crippen LogP contribution in [0.2, 0.25) is 0 Å². The van der Waals surface area contributed by atoms with Gasteiger partial charge in [0.05, 0.1) is 33.8 Å². The normalized spacial score (nSPS) is 11.4. The van der Waals surface area contributed by atoms with Crippen LogP contribution in [0.5, 0.6) is 0 Å². The Morgan fingerprint density at radius 2 is 0.976 bits per heavy atom. The SMILES string of the molecule is CC(C)c1cc(-c2ccccc2)nc2c1ccc1ccc(-c3cc(-c4ccccc4)nc(-c4ccccc4)n3)nc12. The molecule has 7 rings (SSSR count). The molecule has 196 valence electrons. The van der Waals surface area contributed by atoms with Gasteiger partial charge in [0.15, 0.2) is 5.82 Å². The second kappa shape index (κ2) is 10.4. The van der Waals surface area contributed by atoms with Crippen molar-refractivity contribution in [2.45, 2.75) is 19.8 Å². The van der Waals surface area contributed by atoms with E-state index in [0.29, 0.717) is 11.7 Å². The van der Waals surface area contributed by atoms with Crippen molar-refractivity contribution in [2.24, 2.45) is 0 Å². The first-order chi connectivity index (χ1) is 20.1. The summed E-state index contributed by atoms with van der Waals surface area (Å²) in [6.45, 7) is 4.46. The molecule has 4 aromatic carbocycles. The van der Waals surface area contributed by atoms with E-state index in [9.17, 15) is 0 Å². The monoisotopic (exact) mass is 528 g/mol. The molecule has 0 bridgehead atoms. The lowest BCUT2D eigenvalue weighted by atomic mass is 9.95. The highest BCUT2D eigenvalue weighted by molar-refractivity contribution is 6.05. The van der Waals surface area contributed by atoms with E-state index in [0.717, 1.165) is 61.3 Å². The zero-order valence-corrected chi connectivity index (χ0v) is 23.0. The van der Waals surface area contributed by atoms with Crippen molar-refractivity contribution in [3.8, 4) is 45.3 Å². The van der Waals surface area contributed by atoms with E-state index in [1.165, 1.54) is 5.56 Å². The van der Waals surface area contributed by atoms with Gasteiger partial charge in [-0.1, -0.05) is 123 Å². The number of rotatable bonds is 5. The summed E-state index contributed by atoms with van der Waals surface area (Å²) >= 11 is 0. The van der Waals surface area contributed by atoms with E-state index in [2.05, 4.69) is 74.5 Å². The van der Waals surface area contributed by atoms with Crippen LogP contribution in [0, 0.1) is 0 Å². The Kier molecular flexibility index (Phi) is 6.29. The fourth-order valence-electron chi connectivity index (χ4n) is 5.33. The molecule has 0 radical (unpaired) electrons. The molecule has 0 aliphatic carbocycles. The summed E-state index contributed by atoms with van der Waals surface area (Å²) in [6.07, 6.45) is 0. The summed E-state index contributed by atoms with van der Waals surface area (Å²) in [6, 6.07) is 43.4. The Bertz CT molecular complexity index is 1940. The molecule has 0 amide bonds. The molecular formula is C37H28N4. The van der Waals surface area contributed by atoms with Gasteiger partial charge in [-0.05, 0) is 29.7 Å². The average molecular weight is 529 g/mol. The van der Waals surface area contributed by atoms with Crippen molar-refractivity contribution < 1.29 is 0 Å². The molecule has 0 saturated heterocycles. The molecule has 0 unspecified atom stereocenters. The zero-order chi connectivity index (χ0) is 27.8. The van der Waals surface area contributed by atoms with Gasteiger partial charge in [-0.2, -0.15) is 0 Å². The second-order valence-electron chi connectivity index (χ2n) is 10.5. The summed E-state index contributed by atoms with van der Waals surface area (Å²) in [4.78, 5) is 20.4. The predicted molar refractivity (Wildman–Crippen MR) is 168 cm³/mol. The summed E-state index contributed by atoms with van der Waals surface area (Å²) in [5.41, 5.74) is 9.55. The van der Waals surface area contributed by atoms with E-state index >= 15 is 0 Å². The van der Waals surface area contributed by atoms with Crippen molar-refractivity contribution in [1.82, 2.24) is 19.9 Å². The van der Waals surface area contributed by atoms with Gasteiger partial charge in [0.1, 0.15) is 0 Å². The van der Waals surface area contributed by atoms with Crippen LogP contribution in [0.1, 0.15) is 25.3 Å². The molecule has 0 aliphatic heterocycles. The predicted octanol–water partition coefficient (Wildman–Crippen LogP) is 9.36. The molecule has 0 fully saturated rings. The fraction of sp³-hybridized carbons (Fsp3) is 0.0811. The van der Waals surface area contributed by atoms with Crippen LogP contribution in [0.15, 0.2) is 127 Å². The second-order valence-corrected chi connectivity index (χ2v) is 10.5. The Hall–Kier alpha value is -5.22. The number of nitrogens with zero attached hydrogens (tertiary/aromatic N) is 4. The molecule has 3 heterocycles. The molecule has 0 saturated carbocycles. The lowest BCUT2D eigenvalue weighted by molar-refractivity contribution is 0.875. The molecule has 41 heavy (non-hydrogen) atoms. The highest BCUT2D eigenvalue weighted by atomic mass is 14.9. The van der Waals surface area contributed by atoms with Crippen LogP contribution in [-0.4, -0.2) is 19.9 Å². The molecule has 0 N–H and O–H groups in total. The minimum atomic E-state index is 0.340. The van der Waals surface area contributed by atoms with Gasteiger partial charge in [-0.15, -0.1) is 0 Å². The Labute approximate surface area is 239 Å². The van der Waals surface area contributed by atoms with Crippen molar-refractivity contribution in [3.05, 3.63) is 133 Å². The van der Waals surface area contributed by atoms with Gasteiger partial charge in [0.25, 0.3) is 0 Å². The Morgan fingerprint density at radius 1 is 0.439 bits per heavy atom. The quantitative estimate of drug-likeness (QED) is 0.209. The van der Waals surface area contributed by atoms with Crippen molar-refractivity contribution in [1.29, 1.82) is 0 Å². The van der Waals surface area contributed by atoms with Crippen LogP contribution >= 0.6 is 0 Å². The lowest BCUT2D eigenvalue weighted by Gasteiger charge is -2.15. The van der Waals surface area contributed by atoms with E-state index in [-0.39, 0.29) is 0 Å². The van der Waals surface area contributed by atoms with Crippen molar-refractivity contribution >= 4 is 21.8 Å². The molecule has 3 aromatic heterocycles. The highest BCUT2D eigenvalue weighted by Crippen LogP contribution is 2.34. The molecule has 4 nitrogen and oxygen atoms in total. The van der Waals surface area contributed by atoms with Crippen molar-refractivity contribution in [2.75, 3.05) is 0 Å². The van der Waals surface area contributed by atoms with Gasteiger partial charge < -0.3 is 0 Å². The van der Waals surface area contributed by atoms with Crippen LogP contribution < -0.4 is 0 Å². The number of benzene rings is 4. The minimum Gasteiger partial charge on any atom is -0.245 e. The molecule has 7 aromatic rings. The van der Waals surface area contributed by atoms with Gasteiger partial charge in [0, 0.05) is 27.5 Å². The molecule has 4 heteroatoms. The summed E-state index contributed by atoms with van der Waals surface area (Å²) in [5.74, 6) is 1.01. The van der Waals surface area contributed by atoms with Crippen LogP contribution in [0.3, 0.4) is 0 Å². The summed E-state index contributed by atoms with van der Waals surface area (Å²) in [7, 11) is 0. The maximum atomic E-state index is 5.23. The van der Waals surface area contributed by atoms with Gasteiger partial charge in [-0.3, -0.25) is 0 Å². The third-order valence-corrected chi connectivity index (χ3v) is 7.45. The lowest BCUT2D eigenvalue weighted by Crippen LogP contribution is -1.99. The number of fused-ring (bicyclic) bond motifs is 3. The maximum Gasteiger partial charge on any atom is 0.160 e. The largest absolute Gasteiger partial charge is 0.245 e. The van der Waals surface area contributed by atoms with Crippen LogP contribution in [0.25, 0.3) is 67.1 Å². The van der Waals surface area contributed by atoms with Crippen LogP contribution in [-0.2, 0) is 0 Å². The Morgan fingerprint density at radius 3 is 1.61 bits per heavy atom. The third kappa shape index (κ3) is 4.74. The number of aromatic nitrogens is 4. The molecular weight excluding hydrogens is 500 g/mol. The number of hydrogen-bond donors (Lipinski definition) is 0. The first kappa shape index (κ1) is 24.8. The van der Waals surface area contributed by atoms with E-state index < -0.39 is 0 Å². The fourth-order valence-corrected chi connectivity index (χ4v) is 5.33. The summed E-state index contributed by atoms with van der Waals surface area (Å²) < 4.78 is 0. The smallest absolute Gasteiger partial charge is 0.160 e. The van der Waals surface area contributed by atoms with Gasteiger partial charge in [0.2, 0.25) is 0 Å². The minimum absolute atomic E-state index is 0.340. The Balaban J connectivity index is 1.47. The van der Waals surface area contributed by atoms with E-state index in [1.807, 2.05) is 66.7 Å². The van der Waals surface area contributed by atoms with Gasteiger partial charge in [-0.25, -0.2) is 19.9 Å². The van der Waals surface area contributed by atoms with Crippen molar-refractivity contribution in [3.63, 3.8) is 0 Å². The number of pyridine rings is 2. The van der Waals surface area contributed by atoms with Crippen LogP contribution in [0.4, 0.5) is 0 Å². The standard InChI is InChI=1S/C37H28N4/c1-24(2)30-22-32(25-12-6-3-7-13-25)39-36-29(30)20-18-27-19-21-31(38-35(27)36)34-23-33(26-14-8-4-9-15-26)40-37(41-34)28-16-10-5-11-17-28/h3-24H,1-2H3. The topological polar surface area (TPSA) is 51.6 Å². The maximum absolute atomic E-state index is 5.23. The average Bonchev–Trinajstić information content (AvgIpc) is 3.05. The first-order valence-corrected chi connectivity index (χ1v) is 13.9. The van der Waals surface area contributed by atoms with Gasteiger partial charge >= 0.3 is 0 Å². The summed E-state index contributed by atoms with van der Waals surface area (Å²) in [5, 5.41) is 2.18. The first-order valence-electron chi connectivity index (χ1n) is 13.9. The molecule has 0 aliphatic rings. The molecule has 0 spiro atoms.